The van der Waals surface area contributed by atoms with E-state index in [4.69, 9.17) is 34.8 Å². The van der Waals surface area contributed by atoms with Gasteiger partial charge in [0, 0.05) is 10.0 Å². The molecule has 0 aliphatic heterocycles. The van der Waals surface area contributed by atoms with Crippen molar-refractivity contribution in [2.24, 2.45) is 0 Å². The Kier molecular flexibility index (Phi) is 4.20. The van der Waals surface area contributed by atoms with Crippen molar-refractivity contribution in [3.8, 4) is 0 Å². The molecule has 4 nitrogen and oxygen atoms in total. The van der Waals surface area contributed by atoms with Crippen molar-refractivity contribution >= 4 is 50.6 Å². The van der Waals surface area contributed by atoms with Gasteiger partial charge in [0.25, 0.3) is 10.0 Å². The van der Waals surface area contributed by atoms with Crippen molar-refractivity contribution in [2.45, 2.75) is 4.90 Å². The van der Waals surface area contributed by atoms with Crippen molar-refractivity contribution in [1.29, 1.82) is 0 Å². The van der Waals surface area contributed by atoms with Gasteiger partial charge >= 0.3 is 0 Å². The topological polar surface area (TPSA) is 59.1 Å². The molecule has 1 aromatic carbocycles. The van der Waals surface area contributed by atoms with Gasteiger partial charge in [-0.2, -0.15) is 0 Å². The summed E-state index contributed by atoms with van der Waals surface area (Å²) >= 11 is 17.2. The number of anilines is 1. The first-order chi connectivity index (χ1) is 8.87. The highest BCUT2D eigenvalue weighted by atomic mass is 35.5. The lowest BCUT2D eigenvalue weighted by Crippen LogP contribution is -2.13. The van der Waals surface area contributed by atoms with Crippen LogP contribution in [0, 0.1) is 0 Å². The zero-order chi connectivity index (χ0) is 14.0. The third-order valence-electron chi connectivity index (χ3n) is 2.10. The molecule has 1 N–H and O–H groups in total. The molecule has 2 aromatic rings. The van der Waals surface area contributed by atoms with Crippen molar-refractivity contribution < 1.29 is 8.42 Å². The molecule has 8 heteroatoms. The van der Waals surface area contributed by atoms with Crippen LogP contribution in [0.15, 0.2) is 41.3 Å². The second kappa shape index (κ2) is 5.54. The van der Waals surface area contributed by atoms with Crippen molar-refractivity contribution in [1.82, 2.24) is 4.98 Å². The molecule has 0 radical (unpaired) electrons. The Hall–Kier alpha value is -1.01. The van der Waals surface area contributed by atoms with Crippen LogP contribution in [-0.4, -0.2) is 13.4 Å². The van der Waals surface area contributed by atoms with Crippen molar-refractivity contribution in [3.63, 3.8) is 0 Å². The number of rotatable bonds is 3. The Morgan fingerprint density at radius 1 is 1.00 bits per heavy atom. The molecule has 100 valence electrons. The van der Waals surface area contributed by atoms with E-state index >= 15 is 0 Å². The zero-order valence-electron chi connectivity index (χ0n) is 9.27. The van der Waals surface area contributed by atoms with Gasteiger partial charge in [0.15, 0.2) is 0 Å². The summed E-state index contributed by atoms with van der Waals surface area (Å²) in [6, 6.07) is 8.63. The van der Waals surface area contributed by atoms with E-state index in [2.05, 4.69) is 9.71 Å². The number of nitrogens with one attached hydrogen (secondary N) is 1. The zero-order valence-corrected chi connectivity index (χ0v) is 12.4. The van der Waals surface area contributed by atoms with E-state index in [0.717, 1.165) is 0 Å². The Morgan fingerprint density at radius 3 is 2.21 bits per heavy atom. The van der Waals surface area contributed by atoms with Gasteiger partial charge in [0.05, 0.1) is 4.90 Å². The Bertz CT molecular complexity index is 699. The Morgan fingerprint density at radius 2 is 1.63 bits per heavy atom. The van der Waals surface area contributed by atoms with Crippen LogP contribution in [-0.2, 0) is 10.0 Å². The molecule has 19 heavy (non-hydrogen) atoms. The van der Waals surface area contributed by atoms with E-state index < -0.39 is 10.0 Å². The molecule has 0 aliphatic rings. The van der Waals surface area contributed by atoms with Gasteiger partial charge in [0.1, 0.15) is 11.0 Å². The average Bonchev–Trinajstić information content (AvgIpc) is 2.26. The molecule has 0 aliphatic carbocycles. The minimum atomic E-state index is -3.82. The van der Waals surface area contributed by atoms with Crippen LogP contribution in [0.3, 0.4) is 0 Å². The van der Waals surface area contributed by atoms with Gasteiger partial charge in [-0.15, -0.1) is 0 Å². The summed E-state index contributed by atoms with van der Waals surface area (Å²) in [5.74, 6) is 0.114. The summed E-state index contributed by atoms with van der Waals surface area (Å²) in [6.07, 6.45) is 0. The summed E-state index contributed by atoms with van der Waals surface area (Å²) < 4.78 is 26.5. The fourth-order valence-electron chi connectivity index (χ4n) is 1.35. The van der Waals surface area contributed by atoms with Crippen LogP contribution < -0.4 is 4.72 Å². The monoisotopic (exact) mass is 336 g/mol. The van der Waals surface area contributed by atoms with Crippen LogP contribution >= 0.6 is 34.8 Å². The lowest BCUT2D eigenvalue weighted by atomic mass is 10.4. The second-order valence-electron chi connectivity index (χ2n) is 3.56. The molecule has 0 saturated carbocycles. The molecule has 0 unspecified atom stereocenters. The SMILES string of the molecule is O=S(=O)(Nc1cccc(Cl)n1)c1cc(Cl)cc(Cl)c1. The number of benzene rings is 1. The number of aromatic nitrogens is 1. The maximum Gasteiger partial charge on any atom is 0.263 e. The molecule has 0 saturated heterocycles. The second-order valence-corrected chi connectivity index (χ2v) is 6.50. The molecule has 2 rings (SSSR count). The molecule has 1 aromatic heterocycles. The standard InChI is InChI=1S/C11H7Cl3N2O2S/c12-7-4-8(13)6-9(5-7)19(17,18)16-11-3-1-2-10(14)15-11/h1-6H,(H,15,16). The molecule has 1 heterocycles. The molecule has 0 fully saturated rings. The van der Waals surface area contributed by atoms with Gasteiger partial charge in [0.2, 0.25) is 0 Å². The van der Waals surface area contributed by atoms with Crippen LogP contribution in [0.2, 0.25) is 15.2 Å². The highest BCUT2D eigenvalue weighted by molar-refractivity contribution is 7.92. The number of nitrogens with zero attached hydrogens (tertiary/aromatic N) is 1. The minimum absolute atomic E-state index is 0.0493. The normalized spacial score (nSPS) is 11.3. The van der Waals surface area contributed by atoms with E-state index in [-0.39, 0.29) is 25.9 Å². The summed E-state index contributed by atoms with van der Waals surface area (Å²) in [5.41, 5.74) is 0. The Labute approximate surface area is 125 Å². The number of halogens is 3. The van der Waals surface area contributed by atoms with Crippen LogP contribution in [0.1, 0.15) is 0 Å². The summed E-state index contributed by atoms with van der Waals surface area (Å²) in [5, 5.41) is 0.642. The van der Waals surface area contributed by atoms with Gasteiger partial charge < -0.3 is 0 Å². The largest absolute Gasteiger partial charge is 0.263 e. The number of pyridine rings is 1. The number of hydrogen-bond donors (Lipinski definition) is 1. The molecule has 0 atom stereocenters. The predicted molar refractivity (Wildman–Crippen MR) is 76.5 cm³/mol. The molecule has 0 spiro atoms. The predicted octanol–water partition coefficient (Wildman–Crippen LogP) is 3.84. The summed E-state index contributed by atoms with van der Waals surface area (Å²) in [7, 11) is -3.82. The minimum Gasteiger partial charge on any atom is -0.263 e. The first kappa shape index (κ1) is 14.4. The van der Waals surface area contributed by atoms with E-state index in [9.17, 15) is 8.42 Å². The van der Waals surface area contributed by atoms with Crippen LogP contribution in [0.5, 0.6) is 0 Å². The lowest BCUT2D eigenvalue weighted by Gasteiger charge is -2.08. The molecular formula is C11H7Cl3N2O2S. The number of sulfonamides is 1. The van der Waals surface area contributed by atoms with Gasteiger partial charge in [-0.1, -0.05) is 40.9 Å². The highest BCUT2D eigenvalue weighted by Crippen LogP contribution is 2.24. The van der Waals surface area contributed by atoms with Gasteiger partial charge in [-0.3, -0.25) is 4.72 Å². The van der Waals surface area contributed by atoms with Crippen LogP contribution in [0.25, 0.3) is 0 Å². The smallest absolute Gasteiger partial charge is 0.263 e. The van der Waals surface area contributed by atoms with Crippen LogP contribution in [0.4, 0.5) is 5.82 Å². The van der Waals surface area contributed by atoms with E-state index in [1.165, 1.54) is 30.3 Å². The highest BCUT2D eigenvalue weighted by Gasteiger charge is 2.16. The van der Waals surface area contributed by atoms with Gasteiger partial charge in [-0.05, 0) is 30.3 Å². The number of hydrogen-bond acceptors (Lipinski definition) is 3. The molecular weight excluding hydrogens is 331 g/mol. The summed E-state index contributed by atoms with van der Waals surface area (Å²) in [4.78, 5) is 3.79. The Balaban J connectivity index is 2.37. The maximum absolute atomic E-state index is 12.1. The fourth-order valence-corrected chi connectivity index (χ4v) is 3.24. The average molecular weight is 338 g/mol. The molecule has 0 amide bonds. The first-order valence-corrected chi connectivity index (χ1v) is 7.60. The summed E-state index contributed by atoms with van der Waals surface area (Å²) in [6.45, 7) is 0. The van der Waals surface area contributed by atoms with Crippen molar-refractivity contribution in [2.75, 3.05) is 4.72 Å². The molecule has 0 bridgehead atoms. The van der Waals surface area contributed by atoms with E-state index in [1.807, 2.05) is 0 Å². The van der Waals surface area contributed by atoms with Crippen molar-refractivity contribution in [3.05, 3.63) is 51.6 Å². The van der Waals surface area contributed by atoms with E-state index in [1.54, 1.807) is 6.07 Å². The fraction of sp³-hybridized carbons (Fsp3) is 0. The maximum atomic E-state index is 12.1. The third-order valence-corrected chi connectivity index (χ3v) is 4.08. The van der Waals surface area contributed by atoms with Gasteiger partial charge in [-0.25, -0.2) is 13.4 Å². The third kappa shape index (κ3) is 3.73. The quantitative estimate of drug-likeness (QED) is 0.866. The van der Waals surface area contributed by atoms with E-state index in [0.29, 0.717) is 0 Å². The first-order valence-electron chi connectivity index (χ1n) is 4.98. The lowest BCUT2D eigenvalue weighted by molar-refractivity contribution is 0.601.